The highest BCUT2D eigenvalue weighted by molar-refractivity contribution is 5.83. The van der Waals surface area contributed by atoms with E-state index in [0.29, 0.717) is 17.1 Å². The van der Waals surface area contributed by atoms with E-state index in [1.54, 1.807) is 30.3 Å². The van der Waals surface area contributed by atoms with Gasteiger partial charge >= 0.3 is 17.9 Å². The lowest BCUT2D eigenvalue weighted by Gasteiger charge is -2.12. The van der Waals surface area contributed by atoms with Crippen molar-refractivity contribution in [3.8, 4) is 22.8 Å². The fraction of sp³-hybridized carbons (Fsp3) is 0.167. The molecule has 1 amide bonds. The minimum Gasteiger partial charge on any atom is -0.395 e. The molecule has 0 radical (unpaired) electrons. The van der Waals surface area contributed by atoms with E-state index in [4.69, 9.17) is 11.7 Å². The maximum absolute atomic E-state index is 13.5. The molecule has 0 fully saturated rings. The van der Waals surface area contributed by atoms with Crippen LogP contribution in [-0.4, -0.2) is 43.2 Å². The molecule has 0 atom stereocenters. The number of amides is 1. The highest BCUT2D eigenvalue weighted by Crippen LogP contribution is 2.32. The highest BCUT2D eigenvalue weighted by Gasteiger charge is 2.32. The van der Waals surface area contributed by atoms with Crippen molar-refractivity contribution in [1.29, 1.82) is 0 Å². The van der Waals surface area contributed by atoms with Gasteiger partial charge in [-0.25, -0.2) is 23.7 Å². The summed E-state index contributed by atoms with van der Waals surface area (Å²) in [5.74, 6) is 0. The molecule has 0 aliphatic rings. The second kappa shape index (κ2) is 9.55. The smallest absolute Gasteiger partial charge is 0.395 e. The lowest BCUT2D eigenvalue weighted by Crippen LogP contribution is -2.38. The SMILES string of the molecule is [C-]#[N+]c1ccc(-n2nccc2-c2c(C)n(-c3cccc(C(F)(F)F)c3)c(=O)n2C(=O)NCCO)cc1. The summed E-state index contributed by atoms with van der Waals surface area (Å²) in [5, 5.41) is 15.8. The van der Waals surface area contributed by atoms with Gasteiger partial charge in [-0.1, -0.05) is 18.2 Å². The molecule has 0 bridgehead atoms. The third-order valence-corrected chi connectivity index (χ3v) is 5.42. The van der Waals surface area contributed by atoms with E-state index in [2.05, 4.69) is 15.3 Å². The molecule has 0 aliphatic carbocycles. The van der Waals surface area contributed by atoms with Crippen LogP contribution in [0.25, 0.3) is 27.6 Å². The minimum absolute atomic E-state index is 0.0743. The van der Waals surface area contributed by atoms with Gasteiger partial charge < -0.3 is 10.4 Å². The Kier molecular flexibility index (Phi) is 6.50. The number of carbonyl (C=O) groups excluding carboxylic acids is 1. The van der Waals surface area contributed by atoms with Crippen LogP contribution in [0.1, 0.15) is 11.3 Å². The highest BCUT2D eigenvalue weighted by atomic mass is 19.4. The maximum Gasteiger partial charge on any atom is 0.416 e. The van der Waals surface area contributed by atoms with Gasteiger partial charge in [-0.15, -0.1) is 0 Å². The molecular formula is C24H19F3N6O3. The summed E-state index contributed by atoms with van der Waals surface area (Å²) in [4.78, 5) is 29.8. The zero-order chi connectivity index (χ0) is 26.0. The summed E-state index contributed by atoms with van der Waals surface area (Å²) in [7, 11) is 0. The largest absolute Gasteiger partial charge is 0.416 e. The molecule has 9 nitrogen and oxygen atoms in total. The fourth-order valence-corrected chi connectivity index (χ4v) is 3.82. The van der Waals surface area contributed by atoms with Crippen molar-refractivity contribution >= 4 is 11.7 Å². The van der Waals surface area contributed by atoms with Crippen molar-refractivity contribution in [3.05, 3.63) is 94.0 Å². The molecular weight excluding hydrogens is 477 g/mol. The zero-order valence-corrected chi connectivity index (χ0v) is 18.8. The predicted octanol–water partition coefficient (Wildman–Crippen LogP) is 3.92. The molecule has 0 spiro atoms. The molecule has 184 valence electrons. The monoisotopic (exact) mass is 496 g/mol. The number of nitrogens with one attached hydrogen (secondary N) is 1. The number of nitrogens with zero attached hydrogens (tertiary/aromatic N) is 5. The first-order chi connectivity index (χ1) is 17.2. The van der Waals surface area contributed by atoms with E-state index in [1.807, 2.05) is 0 Å². The van der Waals surface area contributed by atoms with E-state index < -0.39 is 23.5 Å². The minimum atomic E-state index is -4.63. The van der Waals surface area contributed by atoms with Crippen molar-refractivity contribution in [2.75, 3.05) is 13.2 Å². The molecule has 2 aromatic heterocycles. The molecule has 36 heavy (non-hydrogen) atoms. The number of carbonyl (C=O) groups is 1. The number of aromatic nitrogens is 4. The summed E-state index contributed by atoms with van der Waals surface area (Å²) in [5.41, 5.74) is -0.385. The lowest BCUT2D eigenvalue weighted by atomic mass is 10.2. The molecule has 12 heteroatoms. The number of aliphatic hydroxyl groups excluding tert-OH is 1. The van der Waals surface area contributed by atoms with Gasteiger partial charge in [0.15, 0.2) is 5.69 Å². The summed E-state index contributed by atoms with van der Waals surface area (Å²) < 4.78 is 43.3. The summed E-state index contributed by atoms with van der Waals surface area (Å²) in [6, 6.07) is 11.3. The number of benzene rings is 2. The van der Waals surface area contributed by atoms with E-state index in [0.717, 1.165) is 21.3 Å². The van der Waals surface area contributed by atoms with Crippen molar-refractivity contribution in [2.24, 2.45) is 0 Å². The van der Waals surface area contributed by atoms with Crippen LogP contribution in [0.4, 0.5) is 23.7 Å². The number of hydrogen-bond acceptors (Lipinski definition) is 4. The summed E-state index contributed by atoms with van der Waals surface area (Å²) in [6.07, 6.45) is -3.19. The van der Waals surface area contributed by atoms with Gasteiger partial charge in [0.1, 0.15) is 5.69 Å². The first-order valence-electron chi connectivity index (χ1n) is 10.6. The van der Waals surface area contributed by atoms with Crippen LogP contribution in [0.5, 0.6) is 0 Å². The van der Waals surface area contributed by atoms with Crippen molar-refractivity contribution in [2.45, 2.75) is 13.1 Å². The van der Waals surface area contributed by atoms with Crippen LogP contribution in [0.3, 0.4) is 0 Å². The van der Waals surface area contributed by atoms with Gasteiger partial charge in [0.25, 0.3) is 0 Å². The van der Waals surface area contributed by atoms with Crippen LogP contribution in [0.15, 0.2) is 65.6 Å². The van der Waals surface area contributed by atoms with Crippen LogP contribution in [-0.2, 0) is 6.18 Å². The second-order valence-electron chi connectivity index (χ2n) is 7.65. The van der Waals surface area contributed by atoms with Crippen molar-refractivity contribution < 1.29 is 23.1 Å². The third kappa shape index (κ3) is 4.39. The van der Waals surface area contributed by atoms with E-state index in [-0.39, 0.29) is 30.2 Å². The molecule has 0 aliphatic heterocycles. The lowest BCUT2D eigenvalue weighted by molar-refractivity contribution is -0.137. The molecule has 2 N–H and O–H groups in total. The molecule has 4 rings (SSSR count). The average molecular weight is 496 g/mol. The molecule has 0 saturated heterocycles. The normalized spacial score (nSPS) is 11.3. The first-order valence-corrected chi connectivity index (χ1v) is 10.6. The van der Waals surface area contributed by atoms with E-state index in [9.17, 15) is 22.8 Å². The first kappa shape index (κ1) is 24.5. The topological polar surface area (TPSA) is 98.4 Å². The molecule has 0 unspecified atom stereocenters. The van der Waals surface area contributed by atoms with Gasteiger partial charge in [0, 0.05) is 6.54 Å². The predicted molar refractivity (Wildman–Crippen MR) is 124 cm³/mol. The van der Waals surface area contributed by atoms with Crippen LogP contribution in [0, 0.1) is 13.5 Å². The third-order valence-electron chi connectivity index (χ3n) is 5.42. The maximum atomic E-state index is 13.5. The Balaban J connectivity index is 1.97. The number of alkyl halides is 3. The Bertz CT molecular complexity index is 1520. The van der Waals surface area contributed by atoms with Crippen molar-refractivity contribution in [3.63, 3.8) is 0 Å². The Morgan fingerprint density at radius 1 is 1.14 bits per heavy atom. The average Bonchev–Trinajstić information content (AvgIpc) is 3.44. The molecule has 4 aromatic rings. The standard InChI is InChI=1S/C24H19F3N6O3/c1-15-21(20-10-11-30-33(20)18-8-6-17(28-2)7-9-18)32(22(35)29-12-13-34)23(36)31(15)19-5-3-4-16(14-19)24(25,26)27/h3-11,14,34H,12-13H2,1H3,(H,29,35). The Labute approximate surface area is 202 Å². The second-order valence-corrected chi connectivity index (χ2v) is 7.65. The number of halogens is 3. The molecule has 2 aromatic carbocycles. The number of aliphatic hydroxyl groups is 1. The summed E-state index contributed by atoms with van der Waals surface area (Å²) >= 11 is 0. The molecule has 0 saturated carbocycles. The van der Waals surface area contributed by atoms with Gasteiger partial charge in [-0.2, -0.15) is 18.3 Å². The van der Waals surface area contributed by atoms with E-state index in [1.165, 1.54) is 29.9 Å². The fourth-order valence-electron chi connectivity index (χ4n) is 3.82. The van der Waals surface area contributed by atoms with Gasteiger partial charge in [0.05, 0.1) is 47.7 Å². The van der Waals surface area contributed by atoms with Crippen molar-refractivity contribution in [1.82, 2.24) is 24.2 Å². The van der Waals surface area contributed by atoms with Crippen LogP contribution < -0.4 is 11.0 Å². The number of rotatable bonds is 5. The Morgan fingerprint density at radius 3 is 2.50 bits per heavy atom. The van der Waals surface area contributed by atoms with Crippen LogP contribution >= 0.6 is 0 Å². The van der Waals surface area contributed by atoms with Crippen LogP contribution in [0.2, 0.25) is 0 Å². The summed E-state index contributed by atoms with van der Waals surface area (Å²) in [6.45, 7) is 8.10. The van der Waals surface area contributed by atoms with E-state index >= 15 is 0 Å². The number of imidazole rings is 1. The molecule has 2 heterocycles. The Morgan fingerprint density at radius 2 is 1.86 bits per heavy atom. The van der Waals surface area contributed by atoms with Gasteiger partial charge in [-0.3, -0.25) is 4.57 Å². The van der Waals surface area contributed by atoms with Gasteiger partial charge in [-0.05, 0) is 43.3 Å². The van der Waals surface area contributed by atoms with Gasteiger partial charge in [0.2, 0.25) is 0 Å². The zero-order valence-electron chi connectivity index (χ0n) is 18.8. The number of hydrogen-bond donors (Lipinski definition) is 2. The Hall–Kier alpha value is -4.63. The quantitative estimate of drug-likeness (QED) is 0.409.